The molecule has 0 unspecified atom stereocenters. The Balaban J connectivity index is 2.89. The highest BCUT2D eigenvalue weighted by atomic mass is 16.2. The van der Waals surface area contributed by atoms with Crippen LogP contribution in [0.25, 0.3) is 0 Å². The first-order valence-electron chi connectivity index (χ1n) is 7.94. The minimum Gasteiger partial charge on any atom is -0.340 e. The number of amides is 1. The van der Waals surface area contributed by atoms with Gasteiger partial charge in [-0.25, -0.2) is 0 Å². The standard InChI is InChI=1S/C16H32N2O/c1-6-7-16(8-10-17-11-9-16)15(19)18(14(4)5)12-13(2)3/h13-14,17H,6-12H2,1-5H3. The van der Waals surface area contributed by atoms with Crippen molar-refractivity contribution in [2.24, 2.45) is 11.3 Å². The van der Waals surface area contributed by atoms with Gasteiger partial charge >= 0.3 is 0 Å². The van der Waals surface area contributed by atoms with Gasteiger partial charge in [0.25, 0.3) is 0 Å². The van der Waals surface area contributed by atoms with Crippen molar-refractivity contribution in [1.29, 1.82) is 0 Å². The highest BCUT2D eigenvalue weighted by Gasteiger charge is 2.41. The molecule has 19 heavy (non-hydrogen) atoms. The van der Waals surface area contributed by atoms with Crippen LogP contribution in [0.3, 0.4) is 0 Å². The zero-order valence-corrected chi connectivity index (χ0v) is 13.5. The molecule has 0 aromatic carbocycles. The molecule has 0 spiro atoms. The molecule has 0 bridgehead atoms. The molecule has 0 aromatic heterocycles. The van der Waals surface area contributed by atoms with Crippen LogP contribution in [0.4, 0.5) is 0 Å². The molecule has 1 heterocycles. The maximum Gasteiger partial charge on any atom is 0.229 e. The van der Waals surface area contributed by atoms with Crippen molar-refractivity contribution in [3.8, 4) is 0 Å². The van der Waals surface area contributed by atoms with Gasteiger partial charge in [-0.05, 0) is 52.1 Å². The molecule has 1 amide bonds. The molecule has 1 aliphatic rings. The predicted molar refractivity (Wildman–Crippen MR) is 81.1 cm³/mol. The van der Waals surface area contributed by atoms with E-state index in [2.05, 4.69) is 44.8 Å². The van der Waals surface area contributed by atoms with Gasteiger partial charge in [-0.15, -0.1) is 0 Å². The molecule has 0 aromatic rings. The zero-order valence-electron chi connectivity index (χ0n) is 13.5. The van der Waals surface area contributed by atoms with Crippen molar-refractivity contribution in [3.05, 3.63) is 0 Å². The van der Waals surface area contributed by atoms with Crippen LogP contribution in [0.15, 0.2) is 0 Å². The molecule has 0 aliphatic carbocycles. The molecule has 3 heteroatoms. The van der Waals surface area contributed by atoms with Crippen LogP contribution in [0.5, 0.6) is 0 Å². The number of nitrogens with one attached hydrogen (secondary N) is 1. The number of carbonyl (C=O) groups is 1. The summed E-state index contributed by atoms with van der Waals surface area (Å²) in [5.41, 5.74) is -0.0981. The van der Waals surface area contributed by atoms with Gasteiger partial charge in [0.15, 0.2) is 0 Å². The average Bonchev–Trinajstić information content (AvgIpc) is 2.36. The Bertz CT molecular complexity index is 275. The highest BCUT2D eigenvalue weighted by Crippen LogP contribution is 2.36. The van der Waals surface area contributed by atoms with Gasteiger partial charge in [-0.1, -0.05) is 27.2 Å². The molecule has 3 nitrogen and oxygen atoms in total. The molecular weight excluding hydrogens is 236 g/mol. The van der Waals surface area contributed by atoms with E-state index < -0.39 is 0 Å². The van der Waals surface area contributed by atoms with Gasteiger partial charge in [-0.3, -0.25) is 4.79 Å². The Morgan fingerprint density at radius 2 is 1.79 bits per heavy atom. The lowest BCUT2D eigenvalue weighted by Gasteiger charge is -2.42. The molecule has 1 N–H and O–H groups in total. The molecule has 1 aliphatic heterocycles. The molecule has 0 saturated carbocycles. The second-order valence-electron chi connectivity index (χ2n) is 6.73. The monoisotopic (exact) mass is 268 g/mol. The first-order chi connectivity index (χ1) is 8.93. The lowest BCUT2D eigenvalue weighted by Crippen LogP contribution is -2.52. The Kier molecular flexibility index (Phi) is 6.31. The normalized spacial score (nSPS) is 18.9. The molecule has 1 saturated heterocycles. The molecule has 112 valence electrons. The van der Waals surface area contributed by atoms with E-state index in [0.29, 0.717) is 17.9 Å². The van der Waals surface area contributed by atoms with Crippen LogP contribution in [-0.2, 0) is 4.79 Å². The van der Waals surface area contributed by atoms with Crippen LogP contribution < -0.4 is 5.32 Å². The van der Waals surface area contributed by atoms with Gasteiger partial charge in [0.2, 0.25) is 5.91 Å². The van der Waals surface area contributed by atoms with Gasteiger partial charge in [0.05, 0.1) is 5.41 Å². The van der Waals surface area contributed by atoms with Crippen molar-refractivity contribution in [2.75, 3.05) is 19.6 Å². The van der Waals surface area contributed by atoms with E-state index in [0.717, 1.165) is 45.3 Å². The van der Waals surface area contributed by atoms with E-state index in [1.165, 1.54) is 0 Å². The highest BCUT2D eigenvalue weighted by molar-refractivity contribution is 5.83. The summed E-state index contributed by atoms with van der Waals surface area (Å²) in [5, 5.41) is 3.39. The first kappa shape index (κ1) is 16.5. The maximum atomic E-state index is 13.1. The Morgan fingerprint density at radius 1 is 1.21 bits per heavy atom. The third-order valence-corrected chi connectivity index (χ3v) is 4.19. The van der Waals surface area contributed by atoms with Crippen LogP contribution in [-0.4, -0.2) is 36.5 Å². The number of hydrogen-bond donors (Lipinski definition) is 1. The Labute approximate surface area is 119 Å². The summed E-state index contributed by atoms with van der Waals surface area (Å²) in [4.78, 5) is 15.2. The van der Waals surface area contributed by atoms with Crippen molar-refractivity contribution >= 4 is 5.91 Å². The van der Waals surface area contributed by atoms with E-state index in [1.54, 1.807) is 0 Å². The van der Waals surface area contributed by atoms with Gasteiger partial charge in [0, 0.05) is 12.6 Å². The van der Waals surface area contributed by atoms with Crippen LogP contribution >= 0.6 is 0 Å². The predicted octanol–water partition coefficient (Wildman–Crippen LogP) is 3.05. The van der Waals surface area contributed by atoms with E-state index in [9.17, 15) is 4.79 Å². The Morgan fingerprint density at radius 3 is 2.21 bits per heavy atom. The number of hydrogen-bond acceptors (Lipinski definition) is 2. The van der Waals surface area contributed by atoms with Crippen molar-refractivity contribution in [1.82, 2.24) is 10.2 Å². The molecule has 0 atom stereocenters. The van der Waals surface area contributed by atoms with Crippen LogP contribution in [0, 0.1) is 11.3 Å². The van der Waals surface area contributed by atoms with E-state index in [4.69, 9.17) is 0 Å². The molecule has 1 fully saturated rings. The molecule has 0 radical (unpaired) electrons. The van der Waals surface area contributed by atoms with E-state index in [1.807, 2.05) is 0 Å². The fourth-order valence-corrected chi connectivity index (χ4v) is 3.18. The number of nitrogens with zero attached hydrogens (tertiary/aromatic N) is 1. The number of piperidine rings is 1. The molecular formula is C16H32N2O. The summed E-state index contributed by atoms with van der Waals surface area (Å²) >= 11 is 0. The maximum absolute atomic E-state index is 13.1. The summed E-state index contributed by atoms with van der Waals surface area (Å²) in [6.45, 7) is 13.7. The topological polar surface area (TPSA) is 32.3 Å². The quantitative estimate of drug-likeness (QED) is 0.803. The first-order valence-corrected chi connectivity index (χ1v) is 7.94. The second kappa shape index (κ2) is 7.28. The van der Waals surface area contributed by atoms with Crippen molar-refractivity contribution in [3.63, 3.8) is 0 Å². The van der Waals surface area contributed by atoms with E-state index >= 15 is 0 Å². The number of rotatable bonds is 6. The third kappa shape index (κ3) is 4.20. The zero-order chi connectivity index (χ0) is 14.5. The largest absolute Gasteiger partial charge is 0.340 e. The summed E-state index contributed by atoms with van der Waals surface area (Å²) in [7, 11) is 0. The summed E-state index contributed by atoms with van der Waals surface area (Å²) in [5.74, 6) is 0.936. The van der Waals surface area contributed by atoms with Crippen LogP contribution in [0.2, 0.25) is 0 Å². The second-order valence-corrected chi connectivity index (χ2v) is 6.73. The van der Waals surface area contributed by atoms with Crippen molar-refractivity contribution < 1.29 is 4.79 Å². The fraction of sp³-hybridized carbons (Fsp3) is 0.938. The van der Waals surface area contributed by atoms with Crippen molar-refractivity contribution in [2.45, 2.75) is 66.3 Å². The Hall–Kier alpha value is -0.570. The minimum absolute atomic E-state index is 0.0981. The SMILES string of the molecule is CCCC1(C(=O)N(CC(C)C)C(C)C)CCNCC1. The third-order valence-electron chi connectivity index (χ3n) is 4.19. The fourth-order valence-electron chi connectivity index (χ4n) is 3.18. The molecule has 1 rings (SSSR count). The summed E-state index contributed by atoms with van der Waals surface area (Å²) in [6, 6.07) is 0.304. The van der Waals surface area contributed by atoms with Gasteiger partial charge < -0.3 is 10.2 Å². The summed E-state index contributed by atoms with van der Waals surface area (Å²) < 4.78 is 0. The smallest absolute Gasteiger partial charge is 0.229 e. The lowest BCUT2D eigenvalue weighted by molar-refractivity contribution is -0.147. The van der Waals surface area contributed by atoms with E-state index in [-0.39, 0.29) is 5.41 Å². The van der Waals surface area contributed by atoms with Crippen LogP contribution in [0.1, 0.15) is 60.3 Å². The number of carbonyl (C=O) groups excluding carboxylic acids is 1. The summed E-state index contributed by atoms with van der Waals surface area (Å²) in [6.07, 6.45) is 4.14. The van der Waals surface area contributed by atoms with Gasteiger partial charge in [-0.2, -0.15) is 0 Å². The minimum atomic E-state index is -0.0981. The van der Waals surface area contributed by atoms with Gasteiger partial charge in [0.1, 0.15) is 0 Å². The average molecular weight is 268 g/mol. The lowest BCUT2D eigenvalue weighted by atomic mass is 9.74.